The maximum atomic E-state index is 12.8. The number of Topliss-reactive ketones (excluding diaryl/α,β-unsaturated/α-hetero) is 1. The maximum absolute atomic E-state index is 12.8. The Kier molecular flexibility index (Phi) is 5.08. The third kappa shape index (κ3) is 3.48. The number of carboxylic acids is 1. The monoisotopic (exact) mass is 358 g/mol. The first kappa shape index (κ1) is 18.1. The van der Waals surface area contributed by atoms with Crippen molar-refractivity contribution in [2.75, 3.05) is 18.4 Å². The smallest absolute Gasteiger partial charge is 0.307 e. The number of amides is 1. The van der Waals surface area contributed by atoms with Crippen LogP contribution in [0.1, 0.15) is 37.2 Å². The van der Waals surface area contributed by atoms with Crippen LogP contribution in [0.4, 0.5) is 5.69 Å². The normalized spacial score (nSPS) is 19.2. The number of nitrogens with one attached hydrogen (secondary N) is 1. The number of furan rings is 1. The molecule has 2 atom stereocenters. The lowest BCUT2D eigenvalue weighted by Gasteiger charge is -2.34. The number of rotatable bonds is 5. The minimum absolute atomic E-state index is 0.119. The number of fused-ring (bicyclic) bond motifs is 1. The summed E-state index contributed by atoms with van der Waals surface area (Å²) < 4.78 is 5.58. The predicted molar refractivity (Wildman–Crippen MR) is 96.2 cm³/mol. The van der Waals surface area contributed by atoms with Gasteiger partial charge in [0.2, 0.25) is 5.91 Å². The number of carbonyl (C=O) groups excluding carboxylic acids is 2. The summed E-state index contributed by atoms with van der Waals surface area (Å²) in [6.07, 6.45) is 1.36. The fourth-order valence-electron chi connectivity index (χ4n) is 3.37. The number of carboxylic acid groups (broad SMARTS) is 1. The van der Waals surface area contributed by atoms with Gasteiger partial charge in [0.05, 0.1) is 17.6 Å². The number of anilines is 1. The van der Waals surface area contributed by atoms with Gasteiger partial charge in [-0.15, -0.1) is 0 Å². The summed E-state index contributed by atoms with van der Waals surface area (Å²) in [6.45, 7) is 4.15. The SMILES string of the molecule is CC(=O)c1oc2ccccc2c1NC(=O)C(C)N1CCCC(C(=O)O)C1. The van der Waals surface area contributed by atoms with Gasteiger partial charge < -0.3 is 14.8 Å². The van der Waals surface area contributed by atoms with Crippen molar-refractivity contribution in [1.82, 2.24) is 4.90 Å². The van der Waals surface area contributed by atoms with Crippen molar-refractivity contribution in [2.24, 2.45) is 5.92 Å². The number of nitrogens with zero attached hydrogens (tertiary/aromatic N) is 1. The molecule has 7 nitrogen and oxygen atoms in total. The Morgan fingerprint density at radius 1 is 1.31 bits per heavy atom. The summed E-state index contributed by atoms with van der Waals surface area (Å²) in [7, 11) is 0. The number of aliphatic carboxylic acids is 1. The van der Waals surface area contributed by atoms with Gasteiger partial charge in [-0.25, -0.2) is 0 Å². The highest BCUT2D eigenvalue weighted by atomic mass is 16.4. The summed E-state index contributed by atoms with van der Waals surface area (Å²) in [4.78, 5) is 37.7. The molecule has 2 unspecified atom stereocenters. The summed E-state index contributed by atoms with van der Waals surface area (Å²) in [5, 5.41) is 12.7. The third-order valence-corrected chi connectivity index (χ3v) is 4.89. The van der Waals surface area contributed by atoms with E-state index in [4.69, 9.17) is 4.42 Å². The third-order valence-electron chi connectivity index (χ3n) is 4.89. The minimum Gasteiger partial charge on any atom is -0.481 e. The van der Waals surface area contributed by atoms with E-state index in [9.17, 15) is 19.5 Å². The molecule has 7 heteroatoms. The van der Waals surface area contributed by atoms with Crippen LogP contribution in [0.5, 0.6) is 0 Å². The Morgan fingerprint density at radius 3 is 2.73 bits per heavy atom. The Hall–Kier alpha value is -2.67. The van der Waals surface area contributed by atoms with Crippen LogP contribution in [0.25, 0.3) is 11.0 Å². The molecule has 0 saturated carbocycles. The van der Waals surface area contributed by atoms with E-state index in [1.54, 1.807) is 25.1 Å². The van der Waals surface area contributed by atoms with Crippen molar-refractivity contribution in [3.8, 4) is 0 Å². The van der Waals surface area contributed by atoms with Gasteiger partial charge in [-0.3, -0.25) is 19.3 Å². The maximum Gasteiger partial charge on any atom is 0.307 e. The van der Waals surface area contributed by atoms with E-state index in [0.29, 0.717) is 36.2 Å². The summed E-state index contributed by atoms with van der Waals surface area (Å²) >= 11 is 0. The van der Waals surface area contributed by atoms with E-state index in [0.717, 1.165) is 6.42 Å². The van der Waals surface area contributed by atoms with E-state index in [1.165, 1.54) is 6.92 Å². The molecular formula is C19H22N2O5. The highest BCUT2D eigenvalue weighted by molar-refractivity contribution is 6.11. The van der Waals surface area contributed by atoms with Crippen molar-refractivity contribution in [2.45, 2.75) is 32.7 Å². The van der Waals surface area contributed by atoms with E-state index < -0.39 is 17.9 Å². The standard InChI is InChI=1S/C19H22N2O5/c1-11(21-9-5-6-13(10-21)19(24)25)18(23)20-16-14-7-3-4-8-15(14)26-17(16)12(2)22/h3-4,7-8,11,13H,5-6,9-10H2,1-2H3,(H,20,23)(H,24,25). The molecule has 2 N–H and O–H groups in total. The predicted octanol–water partition coefficient (Wildman–Crippen LogP) is 2.76. The van der Waals surface area contributed by atoms with Crippen molar-refractivity contribution in [3.63, 3.8) is 0 Å². The molecule has 1 aromatic heterocycles. The lowest BCUT2D eigenvalue weighted by Crippen LogP contribution is -2.48. The van der Waals surface area contributed by atoms with Crippen LogP contribution in [0.2, 0.25) is 0 Å². The van der Waals surface area contributed by atoms with Crippen molar-refractivity contribution < 1.29 is 23.9 Å². The zero-order valence-electron chi connectivity index (χ0n) is 14.8. The fraction of sp³-hybridized carbons (Fsp3) is 0.421. The second-order valence-corrected chi connectivity index (χ2v) is 6.70. The molecule has 138 valence electrons. The lowest BCUT2D eigenvalue weighted by atomic mass is 9.97. The van der Waals surface area contributed by atoms with Crippen LogP contribution in [0, 0.1) is 5.92 Å². The van der Waals surface area contributed by atoms with Gasteiger partial charge in [0, 0.05) is 18.9 Å². The molecular weight excluding hydrogens is 336 g/mol. The van der Waals surface area contributed by atoms with Gasteiger partial charge >= 0.3 is 5.97 Å². The van der Waals surface area contributed by atoms with Crippen molar-refractivity contribution in [3.05, 3.63) is 30.0 Å². The summed E-state index contributed by atoms with van der Waals surface area (Å²) in [6, 6.07) is 6.62. The molecule has 2 aromatic rings. The van der Waals surface area contributed by atoms with Gasteiger partial charge in [-0.05, 0) is 38.4 Å². The first-order valence-corrected chi connectivity index (χ1v) is 8.68. The summed E-state index contributed by atoms with van der Waals surface area (Å²) in [5.74, 6) is -1.73. The van der Waals surface area contributed by atoms with Crippen LogP contribution in [-0.2, 0) is 9.59 Å². The van der Waals surface area contributed by atoms with Gasteiger partial charge in [0.15, 0.2) is 11.5 Å². The lowest BCUT2D eigenvalue weighted by molar-refractivity contribution is -0.144. The number of likely N-dealkylation sites (tertiary alicyclic amines) is 1. The van der Waals surface area contributed by atoms with Crippen LogP contribution in [0.3, 0.4) is 0 Å². The molecule has 0 spiro atoms. The van der Waals surface area contributed by atoms with Crippen LogP contribution >= 0.6 is 0 Å². The number of para-hydroxylation sites is 1. The van der Waals surface area contributed by atoms with Crippen LogP contribution in [-0.4, -0.2) is 46.8 Å². The van der Waals surface area contributed by atoms with E-state index >= 15 is 0 Å². The van der Waals surface area contributed by atoms with Gasteiger partial charge in [-0.1, -0.05) is 12.1 Å². The Morgan fingerprint density at radius 2 is 2.04 bits per heavy atom. The molecule has 26 heavy (non-hydrogen) atoms. The number of piperidine rings is 1. The van der Waals surface area contributed by atoms with Crippen molar-refractivity contribution >= 4 is 34.3 Å². The average molecular weight is 358 g/mol. The van der Waals surface area contributed by atoms with Crippen molar-refractivity contribution in [1.29, 1.82) is 0 Å². The first-order chi connectivity index (χ1) is 12.4. The molecule has 0 bridgehead atoms. The van der Waals surface area contributed by atoms with E-state index in [1.807, 2.05) is 11.0 Å². The number of carbonyl (C=O) groups is 3. The van der Waals surface area contributed by atoms with Gasteiger partial charge in [0.1, 0.15) is 5.58 Å². The molecule has 2 heterocycles. The molecule has 1 aromatic carbocycles. The van der Waals surface area contributed by atoms with E-state index in [2.05, 4.69) is 5.32 Å². The Labute approximate surface area is 151 Å². The van der Waals surface area contributed by atoms with E-state index in [-0.39, 0.29) is 17.5 Å². The highest BCUT2D eigenvalue weighted by Crippen LogP contribution is 2.31. The number of hydrogen-bond donors (Lipinski definition) is 2. The molecule has 0 aliphatic carbocycles. The largest absolute Gasteiger partial charge is 0.481 e. The topological polar surface area (TPSA) is 99.9 Å². The van der Waals surface area contributed by atoms with Gasteiger partial charge in [0.25, 0.3) is 0 Å². The molecule has 3 rings (SSSR count). The highest BCUT2D eigenvalue weighted by Gasteiger charge is 2.31. The first-order valence-electron chi connectivity index (χ1n) is 8.68. The Bertz CT molecular complexity index is 857. The minimum atomic E-state index is -0.831. The molecule has 0 radical (unpaired) electrons. The zero-order valence-corrected chi connectivity index (χ0v) is 14.8. The molecule has 1 fully saturated rings. The van der Waals surface area contributed by atoms with Crippen LogP contribution in [0.15, 0.2) is 28.7 Å². The second-order valence-electron chi connectivity index (χ2n) is 6.70. The Balaban J connectivity index is 1.81. The molecule has 1 aliphatic heterocycles. The van der Waals surface area contributed by atoms with Crippen LogP contribution < -0.4 is 5.32 Å². The fourth-order valence-corrected chi connectivity index (χ4v) is 3.37. The van der Waals surface area contributed by atoms with Gasteiger partial charge in [-0.2, -0.15) is 0 Å². The summed E-state index contributed by atoms with van der Waals surface area (Å²) in [5.41, 5.74) is 0.904. The molecule has 1 saturated heterocycles. The molecule has 1 aliphatic rings. The number of benzene rings is 1. The second kappa shape index (κ2) is 7.29. The number of ketones is 1. The molecule has 1 amide bonds. The number of hydrogen-bond acceptors (Lipinski definition) is 5. The quantitative estimate of drug-likeness (QED) is 0.797. The average Bonchev–Trinajstić information content (AvgIpc) is 3.00. The zero-order chi connectivity index (χ0) is 18.8.